The van der Waals surface area contributed by atoms with Gasteiger partial charge in [-0.25, -0.2) is 0 Å². The molecule has 1 saturated heterocycles. The number of ether oxygens (including phenoxy) is 4. The van der Waals surface area contributed by atoms with Crippen LogP contribution >= 0.6 is 11.8 Å². The van der Waals surface area contributed by atoms with Crippen molar-refractivity contribution < 1.29 is 23.7 Å². The molecule has 2 aromatic carbocycles. The van der Waals surface area contributed by atoms with Crippen LogP contribution in [0.1, 0.15) is 16.5 Å². The van der Waals surface area contributed by atoms with Crippen molar-refractivity contribution in [2.45, 2.75) is 12.3 Å². The summed E-state index contributed by atoms with van der Waals surface area (Å²) >= 11 is 1.69. The van der Waals surface area contributed by atoms with Crippen molar-refractivity contribution in [1.82, 2.24) is 4.90 Å². The number of carbonyl (C=O) groups excluding carboxylic acids is 1. The number of hydrogen-bond donors (Lipinski definition) is 0. The van der Waals surface area contributed by atoms with Gasteiger partial charge in [-0.05, 0) is 30.7 Å². The van der Waals surface area contributed by atoms with Crippen molar-refractivity contribution in [3.8, 4) is 23.0 Å². The lowest BCUT2D eigenvalue weighted by atomic mass is 10.1. The maximum absolute atomic E-state index is 12.9. The fourth-order valence-corrected chi connectivity index (χ4v) is 4.45. The average Bonchev–Trinajstić information content (AvgIpc) is 3.20. The zero-order chi connectivity index (χ0) is 20.1. The Morgan fingerprint density at radius 1 is 1.07 bits per heavy atom. The van der Waals surface area contributed by atoms with E-state index in [0.717, 1.165) is 16.9 Å². The lowest BCUT2D eigenvalue weighted by Gasteiger charge is -2.26. The minimum atomic E-state index is -0.164. The Balaban J connectivity index is 1.79. The van der Waals surface area contributed by atoms with Crippen LogP contribution < -0.4 is 18.9 Å². The zero-order valence-corrected chi connectivity index (χ0v) is 17.4. The topological polar surface area (TPSA) is 57.2 Å². The average molecular weight is 404 g/mol. The monoisotopic (exact) mass is 403 g/mol. The van der Waals surface area contributed by atoms with E-state index < -0.39 is 0 Å². The summed E-state index contributed by atoms with van der Waals surface area (Å²) in [4.78, 5) is 14.7. The normalized spacial score (nSPS) is 16.0. The Kier molecular flexibility index (Phi) is 6.57. The molecule has 0 N–H and O–H groups in total. The van der Waals surface area contributed by atoms with E-state index in [1.807, 2.05) is 42.2 Å². The van der Waals surface area contributed by atoms with Crippen molar-refractivity contribution in [2.75, 3.05) is 40.2 Å². The van der Waals surface area contributed by atoms with Gasteiger partial charge >= 0.3 is 0 Å². The van der Waals surface area contributed by atoms with Crippen LogP contribution in [0.5, 0.6) is 23.0 Å². The smallest absolute Gasteiger partial charge is 0.261 e. The second-order valence-electron chi connectivity index (χ2n) is 6.36. The molecule has 0 radical (unpaired) electrons. The first-order valence-corrected chi connectivity index (χ1v) is 10.0. The van der Waals surface area contributed by atoms with E-state index in [2.05, 4.69) is 0 Å². The highest BCUT2D eigenvalue weighted by atomic mass is 32.2. The molecule has 0 saturated carbocycles. The fraction of sp³-hybridized carbons (Fsp3) is 0.381. The van der Waals surface area contributed by atoms with Crippen LogP contribution in [0.3, 0.4) is 0 Å². The van der Waals surface area contributed by atoms with Crippen LogP contribution in [0.15, 0.2) is 36.4 Å². The number of carbonyl (C=O) groups is 1. The first-order valence-electron chi connectivity index (χ1n) is 8.97. The lowest BCUT2D eigenvalue weighted by Crippen LogP contribution is -2.34. The molecule has 1 fully saturated rings. The van der Waals surface area contributed by atoms with E-state index in [1.165, 1.54) is 0 Å². The van der Waals surface area contributed by atoms with Gasteiger partial charge < -0.3 is 23.8 Å². The maximum Gasteiger partial charge on any atom is 0.261 e. The van der Waals surface area contributed by atoms with Crippen LogP contribution in [-0.2, 0) is 4.79 Å². The number of aryl methyl sites for hydroxylation is 1. The zero-order valence-electron chi connectivity index (χ0n) is 16.6. The van der Waals surface area contributed by atoms with Gasteiger partial charge in [-0.1, -0.05) is 12.1 Å². The molecule has 2 aromatic rings. The summed E-state index contributed by atoms with van der Waals surface area (Å²) in [6.45, 7) is 2.64. The molecule has 0 aromatic heterocycles. The molecular weight excluding hydrogens is 378 g/mol. The summed E-state index contributed by atoms with van der Waals surface area (Å²) in [5.41, 5.74) is 1.97. The van der Waals surface area contributed by atoms with Gasteiger partial charge in [0.15, 0.2) is 18.1 Å². The molecule has 28 heavy (non-hydrogen) atoms. The first kappa shape index (κ1) is 20.2. The summed E-state index contributed by atoms with van der Waals surface area (Å²) in [6, 6.07) is 11.3. The Morgan fingerprint density at radius 2 is 1.79 bits per heavy atom. The van der Waals surface area contributed by atoms with Crippen LogP contribution in [0, 0.1) is 6.92 Å². The third-order valence-corrected chi connectivity index (χ3v) is 5.81. The Morgan fingerprint density at radius 3 is 2.46 bits per heavy atom. The molecule has 1 aliphatic heterocycles. The van der Waals surface area contributed by atoms with Gasteiger partial charge in [0, 0.05) is 23.9 Å². The van der Waals surface area contributed by atoms with Crippen molar-refractivity contribution >= 4 is 17.7 Å². The van der Waals surface area contributed by atoms with E-state index in [-0.39, 0.29) is 17.9 Å². The molecule has 3 rings (SSSR count). The Bertz CT molecular complexity index is 842. The number of thioether (sulfide) groups is 1. The standard InChI is InChI=1S/C21H25NO5S/c1-14-6-5-7-15(10-14)27-13-20(23)22-8-9-28-21(22)16-11-18(25-3)19(26-4)12-17(16)24-2/h5-7,10-12,21H,8-9,13H2,1-4H3. The SMILES string of the molecule is COc1cc(OC)c(C2SCCN2C(=O)COc2cccc(C)c2)cc1OC. The molecule has 1 amide bonds. The molecule has 0 spiro atoms. The van der Waals surface area contributed by atoms with Gasteiger partial charge in [0.2, 0.25) is 0 Å². The molecule has 1 atom stereocenters. The van der Waals surface area contributed by atoms with Gasteiger partial charge in [-0.2, -0.15) is 0 Å². The van der Waals surface area contributed by atoms with Crippen LogP contribution in [-0.4, -0.2) is 51.0 Å². The summed E-state index contributed by atoms with van der Waals surface area (Å²) in [6.07, 6.45) is 0. The van der Waals surface area contributed by atoms with Crippen molar-refractivity contribution in [3.05, 3.63) is 47.5 Å². The number of amides is 1. The maximum atomic E-state index is 12.9. The minimum absolute atomic E-state index is 0.00385. The Labute approximate surface area is 169 Å². The minimum Gasteiger partial charge on any atom is -0.496 e. The summed E-state index contributed by atoms with van der Waals surface area (Å²) in [7, 11) is 4.78. The Hall–Kier alpha value is -2.54. The second-order valence-corrected chi connectivity index (χ2v) is 7.55. The molecule has 150 valence electrons. The molecule has 6 nitrogen and oxygen atoms in total. The predicted molar refractivity (Wildman–Crippen MR) is 110 cm³/mol. The van der Waals surface area contributed by atoms with Gasteiger partial charge in [0.1, 0.15) is 16.9 Å². The van der Waals surface area contributed by atoms with Gasteiger partial charge in [-0.3, -0.25) is 4.79 Å². The lowest BCUT2D eigenvalue weighted by molar-refractivity contribution is -0.133. The molecule has 1 heterocycles. The summed E-state index contributed by atoms with van der Waals surface area (Å²) in [5.74, 6) is 3.34. The van der Waals surface area contributed by atoms with Gasteiger partial charge in [0.25, 0.3) is 5.91 Å². The van der Waals surface area contributed by atoms with Crippen LogP contribution in [0.2, 0.25) is 0 Å². The molecule has 1 aliphatic rings. The second kappa shape index (κ2) is 9.10. The van der Waals surface area contributed by atoms with Crippen molar-refractivity contribution in [3.63, 3.8) is 0 Å². The van der Waals surface area contributed by atoms with E-state index >= 15 is 0 Å². The summed E-state index contributed by atoms with van der Waals surface area (Å²) in [5, 5.41) is -0.164. The van der Waals surface area contributed by atoms with E-state index in [1.54, 1.807) is 39.2 Å². The fourth-order valence-electron chi connectivity index (χ4n) is 3.16. The molecule has 1 unspecified atom stereocenters. The third kappa shape index (κ3) is 4.30. The highest BCUT2D eigenvalue weighted by Crippen LogP contribution is 2.46. The summed E-state index contributed by atoms with van der Waals surface area (Å²) < 4.78 is 22.0. The third-order valence-electron chi connectivity index (χ3n) is 4.57. The van der Waals surface area contributed by atoms with Crippen LogP contribution in [0.25, 0.3) is 0 Å². The first-order chi connectivity index (χ1) is 13.6. The van der Waals surface area contributed by atoms with Gasteiger partial charge in [0.05, 0.1) is 21.3 Å². The van der Waals surface area contributed by atoms with Gasteiger partial charge in [-0.15, -0.1) is 11.8 Å². The molecule has 7 heteroatoms. The molecular formula is C21H25NO5S. The number of nitrogens with zero attached hydrogens (tertiary/aromatic N) is 1. The quantitative estimate of drug-likeness (QED) is 0.703. The highest BCUT2D eigenvalue weighted by Gasteiger charge is 2.33. The van der Waals surface area contributed by atoms with Crippen LogP contribution in [0.4, 0.5) is 0 Å². The van der Waals surface area contributed by atoms with E-state index in [0.29, 0.717) is 29.5 Å². The van der Waals surface area contributed by atoms with Crippen molar-refractivity contribution in [2.24, 2.45) is 0 Å². The molecule has 0 aliphatic carbocycles. The number of rotatable bonds is 7. The van der Waals surface area contributed by atoms with Crippen molar-refractivity contribution in [1.29, 1.82) is 0 Å². The predicted octanol–water partition coefficient (Wildman–Crippen LogP) is 3.67. The number of methoxy groups -OCH3 is 3. The van der Waals surface area contributed by atoms with E-state index in [4.69, 9.17) is 18.9 Å². The molecule has 0 bridgehead atoms. The number of hydrogen-bond acceptors (Lipinski definition) is 6. The highest BCUT2D eigenvalue weighted by molar-refractivity contribution is 7.99. The van der Waals surface area contributed by atoms with E-state index in [9.17, 15) is 4.79 Å². The number of benzene rings is 2. The largest absolute Gasteiger partial charge is 0.496 e.